The average Bonchev–Trinajstić information content (AvgIpc) is 2.72. The summed E-state index contributed by atoms with van der Waals surface area (Å²) in [6.45, 7) is 6.80. The van der Waals surface area contributed by atoms with E-state index < -0.39 is 6.89 Å². The van der Waals surface area contributed by atoms with Crippen LogP contribution in [0.3, 0.4) is 0 Å². The molecule has 1 rings (SSSR count). The Morgan fingerprint density at radius 3 is 2.09 bits per heavy atom. The van der Waals surface area contributed by atoms with Crippen molar-refractivity contribution in [3.8, 4) is 0 Å². The van der Waals surface area contributed by atoms with Gasteiger partial charge in [-0.05, 0) is 32.8 Å². The van der Waals surface area contributed by atoms with E-state index in [9.17, 15) is 4.39 Å². The van der Waals surface area contributed by atoms with Gasteiger partial charge < -0.3 is 4.74 Å². The third-order valence-electron chi connectivity index (χ3n) is 4.30. The molecule has 0 bridgehead atoms. The number of allylic oxidation sites excluding steroid dienone is 1. The van der Waals surface area contributed by atoms with Gasteiger partial charge in [-0.3, -0.25) is 0 Å². The molecule has 0 aromatic heterocycles. The van der Waals surface area contributed by atoms with Crippen LogP contribution in [-0.4, -0.2) is 55.5 Å². The highest BCUT2D eigenvalue weighted by atomic mass is 31.2. The molecule has 0 heterocycles. The van der Waals surface area contributed by atoms with E-state index in [-0.39, 0.29) is 32.9 Å². The van der Waals surface area contributed by atoms with Crippen molar-refractivity contribution in [3.05, 3.63) is 11.4 Å². The number of hydrogen-bond acceptors (Lipinski definition) is 1. The van der Waals surface area contributed by atoms with E-state index in [1.165, 1.54) is 0 Å². The van der Waals surface area contributed by atoms with Crippen LogP contribution >= 0.6 is 22.0 Å². The molecular formula is C17H32FOP3+2. The lowest BCUT2D eigenvalue weighted by Crippen LogP contribution is -2.14. The summed E-state index contributed by atoms with van der Waals surface area (Å²) < 4.78 is 20.1. The lowest BCUT2D eigenvalue weighted by Gasteiger charge is -2.22. The second-order valence-corrected chi connectivity index (χ2v) is 15.7. The van der Waals surface area contributed by atoms with Gasteiger partial charge in [0.2, 0.25) is 0 Å². The van der Waals surface area contributed by atoms with Crippen LogP contribution < -0.4 is 0 Å². The number of ether oxygens (including phenoxy) is 1. The van der Waals surface area contributed by atoms with E-state index in [2.05, 4.69) is 32.7 Å². The molecule has 0 fully saturated rings. The summed E-state index contributed by atoms with van der Waals surface area (Å²) >= 11 is 0. The fourth-order valence-electron chi connectivity index (χ4n) is 2.76. The van der Waals surface area contributed by atoms with Crippen LogP contribution in [0.15, 0.2) is 11.4 Å². The Morgan fingerprint density at radius 2 is 1.73 bits per heavy atom. The molecule has 1 nitrogen and oxygen atoms in total. The average molecular weight is 364 g/mol. The highest BCUT2D eigenvalue weighted by Crippen LogP contribution is 2.57. The normalized spacial score (nSPS) is 26.0. The van der Waals surface area contributed by atoms with Crippen LogP contribution in [0.4, 0.5) is 4.39 Å². The van der Waals surface area contributed by atoms with Crippen molar-refractivity contribution in [2.45, 2.75) is 40.2 Å². The Hall–Kier alpha value is 0.270. The maximum atomic E-state index is 13.9. The lowest BCUT2D eigenvalue weighted by atomic mass is 10.1. The minimum absolute atomic E-state index is 0.00348. The quantitative estimate of drug-likeness (QED) is 0.467. The van der Waals surface area contributed by atoms with Crippen molar-refractivity contribution in [2.24, 2.45) is 5.92 Å². The zero-order valence-electron chi connectivity index (χ0n) is 14.6. The van der Waals surface area contributed by atoms with Crippen LogP contribution in [0.2, 0.25) is 0 Å². The van der Waals surface area contributed by atoms with E-state index in [4.69, 9.17) is 4.74 Å². The summed E-state index contributed by atoms with van der Waals surface area (Å²) in [6, 6.07) is 0. The van der Waals surface area contributed by atoms with Gasteiger partial charge in [0, 0.05) is 12.8 Å². The van der Waals surface area contributed by atoms with Gasteiger partial charge >= 0.3 is 0 Å². The molecule has 0 aliphatic heterocycles. The first-order chi connectivity index (χ1) is 10.2. The van der Waals surface area contributed by atoms with E-state index in [0.29, 0.717) is 6.35 Å². The molecule has 0 amide bonds. The molecule has 0 aromatic carbocycles. The molecule has 0 spiro atoms. The predicted octanol–water partition coefficient (Wildman–Crippen LogP) is 5.84. The summed E-state index contributed by atoms with van der Waals surface area (Å²) in [5, 5.41) is 0. The van der Waals surface area contributed by atoms with Crippen molar-refractivity contribution in [2.75, 3.05) is 30.5 Å². The Balaban J connectivity index is 2.75. The van der Waals surface area contributed by atoms with Gasteiger partial charge in [-0.2, -0.15) is 0 Å². The number of hydrogen-bond donors (Lipinski definition) is 0. The van der Waals surface area contributed by atoms with Crippen LogP contribution in [0.25, 0.3) is 0 Å². The molecule has 1 aliphatic carbocycles. The van der Waals surface area contributed by atoms with Gasteiger partial charge in [0.1, 0.15) is 30.0 Å². The second-order valence-electron chi connectivity index (χ2n) is 6.55. The van der Waals surface area contributed by atoms with Gasteiger partial charge in [-0.15, -0.1) is 0 Å². The van der Waals surface area contributed by atoms with Crippen molar-refractivity contribution in [3.63, 3.8) is 0 Å². The molecule has 0 saturated heterocycles. The van der Waals surface area contributed by atoms with Crippen LogP contribution in [0, 0.1) is 5.92 Å². The van der Waals surface area contributed by atoms with Gasteiger partial charge in [0.15, 0.2) is 0 Å². The summed E-state index contributed by atoms with van der Waals surface area (Å²) in [5.41, 5.74) is 0.791. The minimum Gasteiger partial charge on any atom is -0.369 e. The summed E-state index contributed by atoms with van der Waals surface area (Å²) in [4.78, 5) is 0. The van der Waals surface area contributed by atoms with Gasteiger partial charge in [0.05, 0.1) is 40.1 Å². The first-order valence-electron chi connectivity index (χ1n) is 8.01. The molecule has 3 unspecified atom stereocenters. The molecule has 0 N–H and O–H groups in total. The molecule has 4 atom stereocenters. The summed E-state index contributed by atoms with van der Waals surface area (Å²) in [6.07, 6.45) is 16.9. The summed E-state index contributed by atoms with van der Waals surface area (Å²) in [7, 11) is -0.402. The molecule has 5 heteroatoms. The SMILES string of the molecule is C=[P+](CC)CP(=C)(COC1C[C@@H](C)C(F)=C1C)C[P+](=C)CC. The van der Waals surface area contributed by atoms with E-state index in [1.54, 1.807) is 0 Å². The van der Waals surface area contributed by atoms with Crippen molar-refractivity contribution in [1.29, 1.82) is 0 Å². The molecule has 0 aromatic rings. The first-order valence-corrected chi connectivity index (χ1v) is 14.3. The van der Waals surface area contributed by atoms with Crippen LogP contribution in [0.5, 0.6) is 0 Å². The second kappa shape index (κ2) is 8.94. The van der Waals surface area contributed by atoms with Gasteiger partial charge in [-0.1, -0.05) is 13.2 Å². The number of halogens is 1. The monoisotopic (exact) mass is 364 g/mol. The maximum Gasteiger partial charge on any atom is 0.129 e. The third kappa shape index (κ3) is 5.72. The van der Waals surface area contributed by atoms with Crippen LogP contribution in [-0.2, 0) is 4.74 Å². The topological polar surface area (TPSA) is 9.23 Å². The predicted molar refractivity (Wildman–Crippen MR) is 110 cm³/mol. The van der Waals surface area contributed by atoms with E-state index >= 15 is 0 Å². The molecule has 1 aliphatic rings. The third-order valence-corrected chi connectivity index (χ3v) is 14.8. The van der Waals surface area contributed by atoms with Crippen molar-refractivity contribution in [1.82, 2.24) is 0 Å². The molecule has 0 radical (unpaired) electrons. The molecule has 0 saturated carbocycles. The van der Waals surface area contributed by atoms with E-state index in [0.717, 1.165) is 36.1 Å². The lowest BCUT2D eigenvalue weighted by molar-refractivity contribution is 0.110. The zero-order valence-corrected chi connectivity index (χ0v) is 17.3. The van der Waals surface area contributed by atoms with Gasteiger partial charge in [-0.25, -0.2) is 4.39 Å². The maximum absolute atomic E-state index is 13.9. The molecule has 126 valence electrons. The summed E-state index contributed by atoms with van der Waals surface area (Å²) in [5.74, 6) is 2.28. The highest BCUT2D eigenvalue weighted by molar-refractivity contribution is 7.88. The largest absolute Gasteiger partial charge is 0.369 e. The van der Waals surface area contributed by atoms with Crippen molar-refractivity contribution >= 4 is 40.9 Å². The first kappa shape index (κ1) is 20.3. The Bertz CT molecular complexity index is 488. The smallest absolute Gasteiger partial charge is 0.129 e. The number of rotatable bonds is 9. The van der Waals surface area contributed by atoms with Crippen molar-refractivity contribution < 1.29 is 9.13 Å². The Morgan fingerprint density at radius 1 is 1.23 bits per heavy atom. The van der Waals surface area contributed by atoms with Gasteiger partial charge in [0.25, 0.3) is 0 Å². The fraction of sp³-hybridized carbons (Fsp3) is 0.706. The Kier molecular flexibility index (Phi) is 8.25. The van der Waals surface area contributed by atoms with E-state index in [1.807, 2.05) is 13.8 Å². The standard InChI is InChI=1S/C17H32FOP3/c1-8-20(5)12-22(7,13-21(6)9-2)11-19-16-10-14(3)17(18)15(16)4/h14,16H,5-13H2,1-4H3/q+2/t14-,16?/m1/s1. The Labute approximate surface area is 138 Å². The fourth-order valence-corrected chi connectivity index (χ4v) is 13.5. The molecular weight excluding hydrogens is 332 g/mol. The molecule has 22 heavy (non-hydrogen) atoms. The minimum atomic E-state index is -1.42. The van der Waals surface area contributed by atoms with Crippen LogP contribution in [0.1, 0.15) is 34.1 Å². The highest BCUT2D eigenvalue weighted by Gasteiger charge is 2.33. The zero-order chi connectivity index (χ0) is 16.9.